The van der Waals surface area contributed by atoms with E-state index in [2.05, 4.69) is 4.90 Å². The van der Waals surface area contributed by atoms with Gasteiger partial charge in [-0.05, 0) is 30.2 Å². The fourth-order valence-electron chi connectivity index (χ4n) is 2.07. The molecule has 18 heavy (non-hydrogen) atoms. The molecule has 0 radical (unpaired) electrons. The standard InChI is InChI=1S/C13H16ClNO3/c1-9-6-11(14)3-2-10(9)7-15-4-5-18-12(8-15)13(16)17/h2-3,6,12H,4-5,7-8H2,1H3,(H,16,17). The summed E-state index contributed by atoms with van der Waals surface area (Å²) in [5.74, 6) is -0.896. The number of ether oxygens (including phenoxy) is 1. The average molecular weight is 270 g/mol. The van der Waals surface area contributed by atoms with Crippen LogP contribution in [0.25, 0.3) is 0 Å². The highest BCUT2D eigenvalue weighted by molar-refractivity contribution is 6.30. The van der Waals surface area contributed by atoms with Crippen LogP contribution in [0.15, 0.2) is 18.2 Å². The molecule has 0 saturated carbocycles. The van der Waals surface area contributed by atoms with E-state index in [1.807, 2.05) is 25.1 Å². The molecule has 1 unspecified atom stereocenters. The number of benzene rings is 1. The van der Waals surface area contributed by atoms with Crippen LogP contribution in [0, 0.1) is 6.92 Å². The predicted octanol–water partition coefficient (Wildman–Crippen LogP) is 1.93. The Morgan fingerprint density at radius 2 is 2.39 bits per heavy atom. The van der Waals surface area contributed by atoms with Crippen LogP contribution in [0.3, 0.4) is 0 Å². The van der Waals surface area contributed by atoms with Crippen LogP contribution < -0.4 is 0 Å². The summed E-state index contributed by atoms with van der Waals surface area (Å²) in [4.78, 5) is 13.0. The summed E-state index contributed by atoms with van der Waals surface area (Å²) in [7, 11) is 0. The maximum atomic E-state index is 10.9. The molecular formula is C13H16ClNO3. The molecule has 1 aliphatic heterocycles. The second-order valence-corrected chi connectivity index (χ2v) is 4.94. The molecule has 1 saturated heterocycles. The van der Waals surface area contributed by atoms with Gasteiger partial charge in [0.25, 0.3) is 0 Å². The molecule has 1 heterocycles. The highest BCUT2D eigenvalue weighted by Crippen LogP contribution is 2.18. The van der Waals surface area contributed by atoms with E-state index in [0.717, 1.165) is 23.7 Å². The summed E-state index contributed by atoms with van der Waals surface area (Å²) < 4.78 is 5.19. The van der Waals surface area contributed by atoms with Crippen LogP contribution in [0.1, 0.15) is 11.1 Å². The van der Waals surface area contributed by atoms with Gasteiger partial charge in [0.15, 0.2) is 6.10 Å². The first-order valence-corrected chi connectivity index (χ1v) is 6.26. The van der Waals surface area contributed by atoms with Gasteiger partial charge in [-0.3, -0.25) is 4.90 Å². The summed E-state index contributed by atoms with van der Waals surface area (Å²) in [6.07, 6.45) is -0.716. The number of carbonyl (C=O) groups is 1. The fraction of sp³-hybridized carbons (Fsp3) is 0.462. The minimum Gasteiger partial charge on any atom is -0.479 e. The van der Waals surface area contributed by atoms with Gasteiger partial charge in [-0.25, -0.2) is 4.79 Å². The molecule has 98 valence electrons. The lowest BCUT2D eigenvalue weighted by Crippen LogP contribution is -2.45. The first-order chi connectivity index (χ1) is 8.56. The number of rotatable bonds is 3. The zero-order valence-electron chi connectivity index (χ0n) is 10.2. The van der Waals surface area contributed by atoms with Gasteiger partial charge < -0.3 is 9.84 Å². The van der Waals surface area contributed by atoms with Gasteiger partial charge in [0.05, 0.1) is 6.61 Å². The van der Waals surface area contributed by atoms with E-state index >= 15 is 0 Å². The fourth-order valence-corrected chi connectivity index (χ4v) is 2.30. The summed E-state index contributed by atoms with van der Waals surface area (Å²) in [5.41, 5.74) is 2.30. The molecule has 0 bridgehead atoms. The number of hydrogen-bond acceptors (Lipinski definition) is 3. The van der Waals surface area contributed by atoms with Crippen molar-refractivity contribution >= 4 is 17.6 Å². The van der Waals surface area contributed by atoms with E-state index in [1.54, 1.807) is 0 Å². The van der Waals surface area contributed by atoms with Crippen LogP contribution >= 0.6 is 11.6 Å². The van der Waals surface area contributed by atoms with Crippen molar-refractivity contribution in [1.29, 1.82) is 0 Å². The summed E-state index contributed by atoms with van der Waals surface area (Å²) >= 11 is 5.91. The molecule has 4 nitrogen and oxygen atoms in total. The van der Waals surface area contributed by atoms with Crippen molar-refractivity contribution in [2.45, 2.75) is 19.6 Å². The Morgan fingerprint density at radius 3 is 3.06 bits per heavy atom. The monoisotopic (exact) mass is 269 g/mol. The van der Waals surface area contributed by atoms with E-state index in [4.69, 9.17) is 21.4 Å². The Balaban J connectivity index is 2.02. The Labute approximate surface area is 111 Å². The number of aryl methyl sites for hydroxylation is 1. The number of morpholine rings is 1. The number of aliphatic carboxylic acids is 1. The largest absolute Gasteiger partial charge is 0.479 e. The van der Waals surface area contributed by atoms with Crippen molar-refractivity contribution in [3.8, 4) is 0 Å². The quantitative estimate of drug-likeness (QED) is 0.911. The topological polar surface area (TPSA) is 49.8 Å². The molecule has 2 rings (SSSR count). The molecule has 0 aromatic heterocycles. The normalized spacial score (nSPS) is 20.9. The van der Waals surface area contributed by atoms with Crippen LogP contribution in [0.4, 0.5) is 0 Å². The van der Waals surface area contributed by atoms with E-state index in [1.165, 1.54) is 5.56 Å². The number of carboxylic acid groups (broad SMARTS) is 1. The van der Waals surface area contributed by atoms with Gasteiger partial charge in [-0.15, -0.1) is 0 Å². The average Bonchev–Trinajstić information content (AvgIpc) is 2.33. The summed E-state index contributed by atoms with van der Waals surface area (Å²) in [6.45, 7) is 4.39. The van der Waals surface area contributed by atoms with Gasteiger partial charge in [0, 0.05) is 24.7 Å². The van der Waals surface area contributed by atoms with Crippen LogP contribution in [0.2, 0.25) is 5.02 Å². The highest BCUT2D eigenvalue weighted by atomic mass is 35.5. The van der Waals surface area contributed by atoms with Crippen molar-refractivity contribution in [3.05, 3.63) is 34.3 Å². The van der Waals surface area contributed by atoms with Crippen LogP contribution in [-0.4, -0.2) is 41.8 Å². The van der Waals surface area contributed by atoms with E-state index in [-0.39, 0.29) is 0 Å². The lowest BCUT2D eigenvalue weighted by Gasteiger charge is -2.31. The van der Waals surface area contributed by atoms with Gasteiger partial charge in [-0.1, -0.05) is 17.7 Å². The van der Waals surface area contributed by atoms with Crippen molar-refractivity contribution in [1.82, 2.24) is 4.90 Å². The Hall–Kier alpha value is -1.10. The third-order valence-electron chi connectivity index (χ3n) is 3.12. The minimum absolute atomic E-state index is 0.428. The minimum atomic E-state index is -0.896. The molecule has 1 atom stereocenters. The lowest BCUT2D eigenvalue weighted by atomic mass is 10.1. The molecule has 0 spiro atoms. The molecular weight excluding hydrogens is 254 g/mol. The molecule has 1 aromatic rings. The molecule has 1 aromatic carbocycles. The van der Waals surface area contributed by atoms with E-state index in [0.29, 0.717) is 13.2 Å². The van der Waals surface area contributed by atoms with Crippen molar-refractivity contribution in [2.75, 3.05) is 19.7 Å². The maximum Gasteiger partial charge on any atom is 0.334 e. The van der Waals surface area contributed by atoms with Gasteiger partial charge in [-0.2, -0.15) is 0 Å². The molecule has 5 heteroatoms. The number of nitrogens with zero attached hydrogens (tertiary/aromatic N) is 1. The third kappa shape index (κ3) is 3.22. The van der Waals surface area contributed by atoms with Crippen molar-refractivity contribution in [2.24, 2.45) is 0 Å². The smallest absolute Gasteiger partial charge is 0.334 e. The van der Waals surface area contributed by atoms with Gasteiger partial charge in [0.1, 0.15) is 0 Å². The van der Waals surface area contributed by atoms with Gasteiger partial charge >= 0.3 is 5.97 Å². The Kier molecular flexibility index (Phi) is 4.22. The number of carboxylic acids is 1. The lowest BCUT2D eigenvalue weighted by molar-refractivity contribution is -0.156. The van der Waals surface area contributed by atoms with Crippen LogP contribution in [0.5, 0.6) is 0 Å². The van der Waals surface area contributed by atoms with Crippen molar-refractivity contribution in [3.63, 3.8) is 0 Å². The first kappa shape index (κ1) is 13.3. The second kappa shape index (κ2) is 5.69. The first-order valence-electron chi connectivity index (χ1n) is 5.88. The molecule has 0 aliphatic carbocycles. The summed E-state index contributed by atoms with van der Waals surface area (Å²) in [6, 6.07) is 5.77. The van der Waals surface area contributed by atoms with Gasteiger partial charge in [0.2, 0.25) is 0 Å². The molecule has 1 aliphatic rings. The second-order valence-electron chi connectivity index (χ2n) is 4.50. The number of hydrogen-bond donors (Lipinski definition) is 1. The van der Waals surface area contributed by atoms with E-state index in [9.17, 15) is 4.79 Å². The zero-order chi connectivity index (χ0) is 13.1. The number of halogens is 1. The maximum absolute atomic E-state index is 10.9. The van der Waals surface area contributed by atoms with Crippen molar-refractivity contribution < 1.29 is 14.6 Å². The summed E-state index contributed by atoms with van der Waals surface area (Å²) in [5, 5.41) is 9.67. The van der Waals surface area contributed by atoms with E-state index < -0.39 is 12.1 Å². The highest BCUT2D eigenvalue weighted by Gasteiger charge is 2.26. The van der Waals surface area contributed by atoms with Crippen LogP contribution in [-0.2, 0) is 16.1 Å². The predicted molar refractivity (Wildman–Crippen MR) is 68.8 cm³/mol. The Bertz CT molecular complexity index is 450. The molecule has 1 fully saturated rings. The SMILES string of the molecule is Cc1cc(Cl)ccc1CN1CCOC(C(=O)O)C1. The molecule has 1 N–H and O–H groups in total. The zero-order valence-corrected chi connectivity index (χ0v) is 11.0. The third-order valence-corrected chi connectivity index (χ3v) is 3.36. The Morgan fingerprint density at radius 1 is 1.61 bits per heavy atom. The molecule has 0 amide bonds.